The minimum atomic E-state index is 0. The molecule has 0 amide bonds. The molecular weight excluding hydrogens is 388 g/mol. The SMILES string of the molecule is COc1ccccc1C1CNCCN1Cc1noc(Cc2ccccc2C)n1.Cl. The van der Waals surface area contributed by atoms with E-state index in [0.29, 0.717) is 18.9 Å². The molecule has 0 saturated carbocycles. The van der Waals surface area contributed by atoms with E-state index in [9.17, 15) is 0 Å². The molecule has 0 radical (unpaired) electrons. The van der Waals surface area contributed by atoms with Crippen molar-refractivity contribution in [3.8, 4) is 5.75 Å². The van der Waals surface area contributed by atoms with E-state index >= 15 is 0 Å². The molecule has 1 aliphatic rings. The number of aryl methyl sites for hydroxylation is 1. The molecular formula is C22H27ClN4O2. The number of piperazine rings is 1. The molecule has 0 bridgehead atoms. The smallest absolute Gasteiger partial charge is 0.231 e. The summed E-state index contributed by atoms with van der Waals surface area (Å²) < 4.78 is 11.1. The van der Waals surface area contributed by atoms with E-state index in [4.69, 9.17) is 9.26 Å². The number of ether oxygens (including phenoxy) is 1. The summed E-state index contributed by atoms with van der Waals surface area (Å²) in [5.74, 6) is 2.30. The third kappa shape index (κ3) is 4.96. The van der Waals surface area contributed by atoms with Gasteiger partial charge in [-0.3, -0.25) is 4.90 Å². The summed E-state index contributed by atoms with van der Waals surface area (Å²) >= 11 is 0. The number of methoxy groups -OCH3 is 1. The second-order valence-corrected chi connectivity index (χ2v) is 7.14. The highest BCUT2D eigenvalue weighted by molar-refractivity contribution is 5.85. The largest absolute Gasteiger partial charge is 0.496 e. The van der Waals surface area contributed by atoms with E-state index in [-0.39, 0.29) is 18.4 Å². The lowest BCUT2D eigenvalue weighted by molar-refractivity contribution is 0.146. The van der Waals surface area contributed by atoms with Crippen molar-refractivity contribution in [3.05, 3.63) is 76.9 Å². The minimum absolute atomic E-state index is 0. The molecule has 1 unspecified atom stereocenters. The average molecular weight is 415 g/mol. The molecule has 7 heteroatoms. The quantitative estimate of drug-likeness (QED) is 0.665. The molecule has 0 spiro atoms. The summed E-state index contributed by atoms with van der Waals surface area (Å²) in [5.41, 5.74) is 3.63. The zero-order valence-electron chi connectivity index (χ0n) is 16.8. The van der Waals surface area contributed by atoms with Crippen molar-refractivity contribution >= 4 is 12.4 Å². The zero-order valence-corrected chi connectivity index (χ0v) is 17.6. The number of halogens is 1. The van der Waals surface area contributed by atoms with E-state index < -0.39 is 0 Å². The second kappa shape index (κ2) is 9.87. The van der Waals surface area contributed by atoms with Crippen LogP contribution in [0.2, 0.25) is 0 Å². The Morgan fingerprint density at radius 2 is 1.97 bits per heavy atom. The van der Waals surface area contributed by atoms with Crippen molar-refractivity contribution in [2.45, 2.75) is 25.9 Å². The molecule has 1 saturated heterocycles. The van der Waals surface area contributed by atoms with Gasteiger partial charge in [0.1, 0.15) is 5.75 Å². The lowest BCUT2D eigenvalue weighted by Crippen LogP contribution is -2.45. The number of aromatic nitrogens is 2. The van der Waals surface area contributed by atoms with Crippen LogP contribution in [0.25, 0.3) is 0 Å². The van der Waals surface area contributed by atoms with Crippen molar-refractivity contribution in [3.63, 3.8) is 0 Å². The molecule has 1 aromatic heterocycles. The van der Waals surface area contributed by atoms with Crippen LogP contribution >= 0.6 is 12.4 Å². The van der Waals surface area contributed by atoms with Gasteiger partial charge < -0.3 is 14.6 Å². The van der Waals surface area contributed by atoms with Crippen molar-refractivity contribution in [2.24, 2.45) is 0 Å². The molecule has 29 heavy (non-hydrogen) atoms. The molecule has 1 N–H and O–H groups in total. The van der Waals surface area contributed by atoms with Crippen molar-refractivity contribution in [2.75, 3.05) is 26.7 Å². The molecule has 154 valence electrons. The summed E-state index contributed by atoms with van der Waals surface area (Å²) in [4.78, 5) is 7.03. The molecule has 1 fully saturated rings. The number of para-hydroxylation sites is 1. The van der Waals surface area contributed by atoms with Crippen LogP contribution in [0.1, 0.15) is 34.4 Å². The first-order valence-electron chi connectivity index (χ1n) is 9.68. The van der Waals surface area contributed by atoms with Gasteiger partial charge in [0.2, 0.25) is 5.89 Å². The normalized spacial score (nSPS) is 17.0. The first-order chi connectivity index (χ1) is 13.7. The number of hydrogen-bond acceptors (Lipinski definition) is 6. The highest BCUT2D eigenvalue weighted by Gasteiger charge is 2.27. The molecule has 2 aromatic carbocycles. The molecule has 6 nitrogen and oxygen atoms in total. The second-order valence-electron chi connectivity index (χ2n) is 7.14. The van der Waals surface area contributed by atoms with E-state index in [1.807, 2.05) is 24.3 Å². The minimum Gasteiger partial charge on any atom is -0.496 e. The Morgan fingerprint density at radius 1 is 1.17 bits per heavy atom. The predicted octanol–water partition coefficient (Wildman–Crippen LogP) is 3.55. The van der Waals surface area contributed by atoms with E-state index in [1.54, 1.807) is 7.11 Å². The molecule has 3 aromatic rings. The van der Waals surface area contributed by atoms with Gasteiger partial charge in [-0.25, -0.2) is 0 Å². The molecule has 4 rings (SSSR count). The zero-order chi connectivity index (χ0) is 19.3. The van der Waals surface area contributed by atoms with Gasteiger partial charge in [0.05, 0.1) is 26.1 Å². The van der Waals surface area contributed by atoms with Crippen LogP contribution < -0.4 is 10.1 Å². The summed E-state index contributed by atoms with van der Waals surface area (Å²) in [6.07, 6.45) is 0.664. The first-order valence-corrected chi connectivity index (χ1v) is 9.68. The van der Waals surface area contributed by atoms with Crippen LogP contribution in [0.3, 0.4) is 0 Å². The third-order valence-electron chi connectivity index (χ3n) is 5.31. The highest BCUT2D eigenvalue weighted by atomic mass is 35.5. The van der Waals surface area contributed by atoms with Crippen LogP contribution in [-0.4, -0.2) is 41.8 Å². The van der Waals surface area contributed by atoms with Crippen molar-refractivity contribution in [1.29, 1.82) is 0 Å². The van der Waals surface area contributed by atoms with E-state index in [2.05, 4.69) is 51.5 Å². The van der Waals surface area contributed by atoms with Gasteiger partial charge in [-0.05, 0) is 24.1 Å². The summed E-state index contributed by atoms with van der Waals surface area (Å²) in [7, 11) is 1.72. The Bertz CT molecular complexity index is 930. The highest BCUT2D eigenvalue weighted by Crippen LogP contribution is 2.30. The first kappa shape index (κ1) is 21.3. The van der Waals surface area contributed by atoms with Crippen LogP contribution in [0.4, 0.5) is 0 Å². The van der Waals surface area contributed by atoms with E-state index in [0.717, 1.165) is 31.2 Å². The van der Waals surface area contributed by atoms with Gasteiger partial charge in [-0.2, -0.15) is 4.98 Å². The Morgan fingerprint density at radius 3 is 2.79 bits per heavy atom. The lowest BCUT2D eigenvalue weighted by Gasteiger charge is -2.36. The number of rotatable bonds is 6. The predicted molar refractivity (Wildman–Crippen MR) is 115 cm³/mol. The van der Waals surface area contributed by atoms with Crippen molar-refractivity contribution in [1.82, 2.24) is 20.4 Å². The monoisotopic (exact) mass is 414 g/mol. The summed E-state index contributed by atoms with van der Waals surface area (Å²) in [6, 6.07) is 16.7. The molecule has 1 atom stereocenters. The number of benzene rings is 2. The Hall–Kier alpha value is -2.41. The maximum absolute atomic E-state index is 5.57. The maximum Gasteiger partial charge on any atom is 0.231 e. The maximum atomic E-state index is 5.57. The number of nitrogens with zero attached hydrogens (tertiary/aromatic N) is 3. The molecule has 1 aliphatic heterocycles. The van der Waals surface area contributed by atoms with Gasteiger partial charge in [0.25, 0.3) is 0 Å². The molecule has 0 aliphatic carbocycles. The fourth-order valence-electron chi connectivity index (χ4n) is 3.76. The summed E-state index contributed by atoms with van der Waals surface area (Å²) in [6.45, 7) is 5.49. The third-order valence-corrected chi connectivity index (χ3v) is 5.31. The van der Waals surface area contributed by atoms with Gasteiger partial charge in [0.15, 0.2) is 5.82 Å². The van der Waals surface area contributed by atoms with Crippen LogP contribution in [0, 0.1) is 6.92 Å². The van der Waals surface area contributed by atoms with E-state index in [1.165, 1.54) is 16.7 Å². The Kier molecular flexibility index (Phi) is 7.25. The Balaban J connectivity index is 0.00000240. The Labute approximate surface area is 177 Å². The van der Waals surface area contributed by atoms with Gasteiger partial charge in [-0.1, -0.05) is 47.6 Å². The average Bonchev–Trinajstić information content (AvgIpc) is 3.17. The van der Waals surface area contributed by atoms with Crippen LogP contribution in [0.5, 0.6) is 5.75 Å². The topological polar surface area (TPSA) is 63.4 Å². The van der Waals surface area contributed by atoms with Crippen molar-refractivity contribution < 1.29 is 9.26 Å². The molecule has 2 heterocycles. The van der Waals surface area contributed by atoms with Crippen LogP contribution in [-0.2, 0) is 13.0 Å². The van der Waals surface area contributed by atoms with Crippen LogP contribution in [0.15, 0.2) is 53.1 Å². The van der Waals surface area contributed by atoms with Gasteiger partial charge in [-0.15, -0.1) is 12.4 Å². The standard InChI is InChI=1S/C22H26N4O2.ClH/c1-16-7-3-4-8-17(16)13-22-24-21(25-28-22)15-26-12-11-23-14-19(26)18-9-5-6-10-20(18)27-2;/h3-10,19,23H,11-15H2,1-2H3;1H. The fourth-order valence-corrected chi connectivity index (χ4v) is 3.76. The van der Waals surface area contributed by atoms with Gasteiger partial charge >= 0.3 is 0 Å². The lowest BCUT2D eigenvalue weighted by atomic mass is 10.0. The fraction of sp³-hybridized carbons (Fsp3) is 0.364. The van der Waals surface area contributed by atoms with Gasteiger partial charge in [0, 0.05) is 25.2 Å². The number of hydrogen-bond donors (Lipinski definition) is 1. The number of nitrogens with one attached hydrogen (secondary N) is 1. The summed E-state index contributed by atoms with van der Waals surface area (Å²) in [5, 5.41) is 7.71.